The minimum atomic E-state index is -1.57. The first kappa shape index (κ1) is 25.7. The van der Waals surface area contributed by atoms with Gasteiger partial charge in [-0.3, -0.25) is 14.4 Å². The Morgan fingerprint density at radius 1 is 1.00 bits per heavy atom. The number of nitrogens with zero attached hydrogens (tertiary/aromatic N) is 1. The van der Waals surface area contributed by atoms with Gasteiger partial charge in [-0.1, -0.05) is 29.8 Å². The molecule has 0 bridgehead atoms. The smallest absolute Gasteiger partial charge is 0.321 e. The zero-order valence-corrected chi connectivity index (χ0v) is 19.3. The molecule has 0 spiro atoms. The van der Waals surface area contributed by atoms with Crippen LogP contribution in [0.1, 0.15) is 25.3 Å². The highest BCUT2D eigenvalue weighted by atomic mass is 35.5. The van der Waals surface area contributed by atoms with E-state index in [9.17, 15) is 19.6 Å². The summed E-state index contributed by atoms with van der Waals surface area (Å²) in [5, 5.41) is 12.8. The molecule has 0 aliphatic rings. The number of hydrogen-bond acceptors (Lipinski definition) is 7. The number of anilines is 1. The molecule has 0 aliphatic heterocycles. The van der Waals surface area contributed by atoms with Crippen molar-refractivity contribution < 1.29 is 28.6 Å². The first-order valence-electron chi connectivity index (χ1n) is 10.3. The summed E-state index contributed by atoms with van der Waals surface area (Å²) in [4.78, 5) is 38.8. The predicted octanol–water partition coefficient (Wildman–Crippen LogP) is 3.95. The number of nitriles is 1. The lowest BCUT2D eigenvalue weighted by Gasteiger charge is -2.28. The van der Waals surface area contributed by atoms with Crippen molar-refractivity contribution in [2.75, 3.05) is 25.6 Å². The van der Waals surface area contributed by atoms with Crippen molar-refractivity contribution in [3.8, 4) is 11.8 Å². The number of amides is 1. The lowest BCUT2D eigenvalue weighted by Crippen LogP contribution is -2.40. The second kappa shape index (κ2) is 12.5. The monoisotopic (exact) mass is 472 g/mol. The Bertz CT molecular complexity index is 1000. The van der Waals surface area contributed by atoms with Gasteiger partial charge in [0.05, 0.1) is 26.4 Å². The number of nitrogens with one attached hydrogen (secondary N) is 1. The molecule has 0 aliphatic carbocycles. The summed E-state index contributed by atoms with van der Waals surface area (Å²) in [6.07, 6.45) is 0. The van der Waals surface area contributed by atoms with Crippen molar-refractivity contribution >= 4 is 35.1 Å². The van der Waals surface area contributed by atoms with E-state index in [1.165, 1.54) is 7.11 Å². The molecule has 2 aromatic carbocycles. The van der Waals surface area contributed by atoms with E-state index in [1.807, 2.05) is 6.07 Å². The highest BCUT2D eigenvalue weighted by Crippen LogP contribution is 2.38. The van der Waals surface area contributed by atoms with Gasteiger partial charge in [-0.15, -0.1) is 0 Å². The van der Waals surface area contributed by atoms with E-state index in [4.69, 9.17) is 25.8 Å². The molecule has 2 aromatic rings. The first-order valence-corrected chi connectivity index (χ1v) is 10.7. The van der Waals surface area contributed by atoms with E-state index < -0.39 is 35.6 Å². The fourth-order valence-corrected chi connectivity index (χ4v) is 3.61. The van der Waals surface area contributed by atoms with Crippen LogP contribution < -0.4 is 10.1 Å². The van der Waals surface area contributed by atoms with Crippen LogP contribution in [-0.2, 0) is 23.9 Å². The molecule has 0 fully saturated rings. The summed E-state index contributed by atoms with van der Waals surface area (Å²) >= 11 is 6.37. The number of methoxy groups -OCH3 is 1. The lowest BCUT2D eigenvalue weighted by molar-refractivity contribution is -0.163. The van der Waals surface area contributed by atoms with Crippen LogP contribution in [0.4, 0.5) is 5.69 Å². The Morgan fingerprint density at radius 2 is 1.58 bits per heavy atom. The topological polar surface area (TPSA) is 115 Å². The van der Waals surface area contributed by atoms with Crippen molar-refractivity contribution in [1.82, 2.24) is 0 Å². The van der Waals surface area contributed by atoms with Crippen LogP contribution in [0.15, 0.2) is 48.5 Å². The van der Waals surface area contributed by atoms with E-state index in [1.54, 1.807) is 62.4 Å². The highest BCUT2D eigenvalue weighted by Gasteiger charge is 2.46. The van der Waals surface area contributed by atoms with Gasteiger partial charge in [0.2, 0.25) is 5.91 Å². The van der Waals surface area contributed by atoms with E-state index in [2.05, 4.69) is 5.32 Å². The minimum Gasteiger partial charge on any atom is -0.497 e. The van der Waals surface area contributed by atoms with Crippen LogP contribution >= 0.6 is 11.6 Å². The molecule has 2 unspecified atom stereocenters. The summed E-state index contributed by atoms with van der Waals surface area (Å²) in [6, 6.07) is 14.8. The molecule has 0 aromatic heterocycles. The number of halogens is 1. The third-order valence-corrected chi connectivity index (χ3v) is 5.19. The number of ether oxygens (including phenoxy) is 3. The van der Waals surface area contributed by atoms with Crippen LogP contribution in [0.25, 0.3) is 0 Å². The zero-order chi connectivity index (χ0) is 24.4. The highest BCUT2D eigenvalue weighted by molar-refractivity contribution is 6.31. The molecule has 2 rings (SSSR count). The number of carbonyl (C=O) groups excluding carboxylic acids is 3. The average molecular weight is 473 g/mol. The fourth-order valence-electron chi connectivity index (χ4n) is 3.35. The third-order valence-electron chi connectivity index (χ3n) is 4.84. The van der Waals surface area contributed by atoms with E-state index in [0.29, 0.717) is 11.4 Å². The maximum Gasteiger partial charge on any atom is 0.321 e. The normalized spacial score (nSPS) is 12.2. The van der Waals surface area contributed by atoms with Gasteiger partial charge in [-0.05, 0) is 49.7 Å². The Balaban J connectivity index is 2.54. The molecule has 8 nitrogen and oxygen atoms in total. The molecule has 33 heavy (non-hydrogen) atoms. The Kier molecular flexibility index (Phi) is 9.70. The van der Waals surface area contributed by atoms with Crippen LogP contribution in [0.5, 0.6) is 5.75 Å². The van der Waals surface area contributed by atoms with E-state index in [-0.39, 0.29) is 23.8 Å². The molecule has 2 atom stereocenters. The summed E-state index contributed by atoms with van der Waals surface area (Å²) in [7, 11) is 1.51. The Hall–Kier alpha value is -3.57. The number of rotatable bonds is 10. The van der Waals surface area contributed by atoms with Crippen molar-refractivity contribution in [1.29, 1.82) is 5.26 Å². The van der Waals surface area contributed by atoms with Gasteiger partial charge in [-0.25, -0.2) is 0 Å². The third kappa shape index (κ3) is 6.46. The van der Waals surface area contributed by atoms with E-state index >= 15 is 0 Å². The zero-order valence-electron chi connectivity index (χ0n) is 18.5. The van der Waals surface area contributed by atoms with Crippen molar-refractivity contribution in [3.05, 3.63) is 59.1 Å². The second-order valence-corrected chi connectivity index (χ2v) is 7.26. The number of carbonyl (C=O) groups is 3. The molecule has 0 radical (unpaired) electrons. The molecular weight excluding hydrogens is 448 g/mol. The molecule has 0 saturated carbocycles. The van der Waals surface area contributed by atoms with Gasteiger partial charge in [0.25, 0.3) is 0 Å². The van der Waals surface area contributed by atoms with E-state index in [0.717, 1.165) is 0 Å². The first-order chi connectivity index (χ1) is 15.9. The molecule has 1 amide bonds. The molecule has 0 heterocycles. The Labute approximate surface area is 197 Å². The molecule has 0 saturated heterocycles. The molecule has 1 N–H and O–H groups in total. The van der Waals surface area contributed by atoms with Crippen molar-refractivity contribution in [3.63, 3.8) is 0 Å². The average Bonchev–Trinajstić information content (AvgIpc) is 2.80. The maximum absolute atomic E-state index is 13.2. The van der Waals surface area contributed by atoms with Crippen molar-refractivity contribution in [2.24, 2.45) is 11.8 Å². The van der Waals surface area contributed by atoms with Crippen LogP contribution in [0, 0.1) is 23.2 Å². The van der Waals surface area contributed by atoms with Gasteiger partial charge in [0, 0.05) is 16.6 Å². The summed E-state index contributed by atoms with van der Waals surface area (Å²) < 4.78 is 15.3. The van der Waals surface area contributed by atoms with Gasteiger partial charge in [0.15, 0.2) is 5.92 Å². The Morgan fingerprint density at radius 3 is 2.06 bits per heavy atom. The number of esters is 2. The lowest BCUT2D eigenvalue weighted by atomic mass is 9.76. The number of benzene rings is 2. The summed E-state index contributed by atoms with van der Waals surface area (Å²) in [5.41, 5.74) is 0.685. The van der Waals surface area contributed by atoms with Crippen molar-refractivity contribution in [2.45, 2.75) is 19.8 Å². The van der Waals surface area contributed by atoms with Crippen LogP contribution in [-0.4, -0.2) is 38.2 Å². The standard InChI is InChI=1S/C24H25ClN2O6/c1-4-32-23(29)21(24(30)33-5-2)20(17-8-6-7-9-19(17)25)18(14-26)22(28)27-15-10-12-16(31-3)13-11-15/h6-13,18,20-21H,4-5H2,1-3H3,(H,27,28). The van der Waals surface area contributed by atoms with Gasteiger partial charge in [-0.2, -0.15) is 5.26 Å². The predicted molar refractivity (Wildman–Crippen MR) is 122 cm³/mol. The van der Waals surface area contributed by atoms with Gasteiger partial charge < -0.3 is 19.5 Å². The van der Waals surface area contributed by atoms with Gasteiger partial charge >= 0.3 is 11.9 Å². The second-order valence-electron chi connectivity index (χ2n) is 6.85. The quantitative estimate of drug-likeness (QED) is 0.411. The van der Waals surface area contributed by atoms with Crippen LogP contribution in [0.2, 0.25) is 5.02 Å². The summed E-state index contributed by atoms with van der Waals surface area (Å²) in [6.45, 7) is 3.17. The fraction of sp³-hybridized carbons (Fsp3) is 0.333. The summed E-state index contributed by atoms with van der Waals surface area (Å²) in [5.74, 6) is -6.23. The van der Waals surface area contributed by atoms with Gasteiger partial charge in [0.1, 0.15) is 11.7 Å². The minimum absolute atomic E-state index is 0.000749. The maximum atomic E-state index is 13.2. The largest absolute Gasteiger partial charge is 0.497 e. The van der Waals surface area contributed by atoms with Crippen LogP contribution in [0.3, 0.4) is 0 Å². The molecular formula is C24H25ClN2O6. The molecule has 174 valence electrons. The molecule has 9 heteroatoms. The SMILES string of the molecule is CCOC(=O)C(C(=O)OCC)C(c1ccccc1Cl)C(C#N)C(=O)Nc1ccc(OC)cc1. The number of hydrogen-bond donors (Lipinski definition) is 1.